The average molecular weight is 436 g/mol. The Hall–Kier alpha value is -3.13. The van der Waals surface area contributed by atoms with Gasteiger partial charge in [-0.1, -0.05) is 17.8 Å². The van der Waals surface area contributed by atoms with Gasteiger partial charge in [0.25, 0.3) is 5.91 Å². The largest absolute Gasteiger partial charge is 0.352 e. The number of likely N-dealkylation sites (tertiary alicyclic amines) is 1. The summed E-state index contributed by atoms with van der Waals surface area (Å²) in [6.07, 6.45) is 10.5. The molecule has 0 spiro atoms. The second-order valence-electron chi connectivity index (χ2n) is 7.48. The van der Waals surface area contributed by atoms with E-state index in [0.29, 0.717) is 38.0 Å². The molecule has 1 saturated heterocycles. The maximum Gasteiger partial charge on any atom is 0.253 e. The quantitative estimate of drug-likeness (QED) is 0.602. The van der Waals surface area contributed by atoms with Crippen LogP contribution in [0, 0.1) is 5.92 Å². The lowest BCUT2D eigenvalue weighted by Gasteiger charge is -2.31. The van der Waals surface area contributed by atoms with Gasteiger partial charge in [-0.05, 0) is 55.0 Å². The number of benzene rings is 1. The van der Waals surface area contributed by atoms with E-state index in [2.05, 4.69) is 15.3 Å². The lowest BCUT2D eigenvalue weighted by atomic mass is 9.95. The molecule has 1 N–H and O–H groups in total. The van der Waals surface area contributed by atoms with Crippen molar-refractivity contribution in [2.75, 3.05) is 19.3 Å². The number of hydrogen-bond donors (Lipinski definition) is 1. The number of pyridine rings is 1. The molecule has 7 nitrogen and oxygen atoms in total. The number of nitrogens with zero attached hydrogens (tertiary/aromatic N) is 4. The summed E-state index contributed by atoms with van der Waals surface area (Å²) in [5.41, 5.74) is 2.61. The first kappa shape index (κ1) is 21.1. The Morgan fingerprint density at radius 3 is 2.58 bits per heavy atom. The molecule has 8 heteroatoms. The summed E-state index contributed by atoms with van der Waals surface area (Å²) in [6.45, 7) is 1.65. The Balaban J connectivity index is 1.30. The normalized spacial score (nSPS) is 14.4. The van der Waals surface area contributed by atoms with Crippen LogP contribution in [0.3, 0.4) is 0 Å². The van der Waals surface area contributed by atoms with Crippen LogP contribution in [-0.2, 0) is 11.3 Å². The van der Waals surface area contributed by atoms with E-state index in [1.807, 2.05) is 58.3 Å². The van der Waals surface area contributed by atoms with E-state index >= 15 is 0 Å². The molecule has 160 valence electrons. The third kappa shape index (κ3) is 4.96. The fourth-order valence-corrected chi connectivity index (χ4v) is 4.29. The molecule has 0 radical (unpaired) electrons. The molecule has 2 amide bonds. The van der Waals surface area contributed by atoms with Gasteiger partial charge in [0.15, 0.2) is 5.16 Å². The Morgan fingerprint density at radius 1 is 1.13 bits per heavy atom. The summed E-state index contributed by atoms with van der Waals surface area (Å²) in [5.74, 6) is -0.00368. The number of piperidine rings is 1. The lowest BCUT2D eigenvalue weighted by molar-refractivity contribution is -0.126. The highest BCUT2D eigenvalue weighted by atomic mass is 32.2. The number of thioether (sulfide) groups is 1. The maximum atomic E-state index is 12.9. The second-order valence-corrected chi connectivity index (χ2v) is 8.25. The van der Waals surface area contributed by atoms with Gasteiger partial charge >= 0.3 is 0 Å². The molecule has 0 bridgehead atoms. The molecule has 1 aliphatic heterocycles. The smallest absolute Gasteiger partial charge is 0.253 e. The molecule has 1 aromatic carbocycles. The van der Waals surface area contributed by atoms with Crippen LogP contribution in [0.5, 0.6) is 0 Å². The Morgan fingerprint density at radius 2 is 1.90 bits per heavy atom. The molecular weight excluding hydrogens is 410 g/mol. The van der Waals surface area contributed by atoms with Crippen molar-refractivity contribution in [1.29, 1.82) is 0 Å². The van der Waals surface area contributed by atoms with Gasteiger partial charge in [-0.2, -0.15) is 0 Å². The average Bonchev–Trinajstić information content (AvgIpc) is 3.32. The predicted molar refractivity (Wildman–Crippen MR) is 120 cm³/mol. The second kappa shape index (κ2) is 9.78. The molecule has 0 atom stereocenters. The van der Waals surface area contributed by atoms with Crippen molar-refractivity contribution in [3.63, 3.8) is 0 Å². The standard InChI is InChI=1S/C23H25N5O2S/c1-31-23-25-11-14-28(23)20-6-4-19(5-7-20)22(30)27-12-8-18(9-13-27)21(29)26-16-17-3-2-10-24-15-17/h2-7,10-11,14-15,18H,8-9,12-13,16H2,1H3,(H,26,29). The van der Waals surface area contributed by atoms with E-state index in [9.17, 15) is 9.59 Å². The number of carbonyl (C=O) groups excluding carboxylic acids is 2. The number of nitrogens with one attached hydrogen (secondary N) is 1. The first-order chi connectivity index (χ1) is 15.2. The molecule has 1 aliphatic rings. The SMILES string of the molecule is CSc1nccn1-c1ccc(C(=O)N2CCC(C(=O)NCc3cccnc3)CC2)cc1. The van der Waals surface area contributed by atoms with Crippen LogP contribution in [0.15, 0.2) is 66.3 Å². The van der Waals surface area contributed by atoms with Crippen molar-refractivity contribution in [3.8, 4) is 5.69 Å². The molecule has 31 heavy (non-hydrogen) atoms. The number of rotatable bonds is 6. The van der Waals surface area contributed by atoms with Crippen LogP contribution in [0.25, 0.3) is 5.69 Å². The summed E-state index contributed by atoms with van der Waals surface area (Å²) in [5, 5.41) is 3.89. The van der Waals surface area contributed by atoms with Crippen LogP contribution >= 0.6 is 11.8 Å². The van der Waals surface area contributed by atoms with Crippen molar-refractivity contribution >= 4 is 23.6 Å². The Kier molecular flexibility index (Phi) is 6.66. The molecule has 3 heterocycles. The van der Waals surface area contributed by atoms with E-state index < -0.39 is 0 Å². The topological polar surface area (TPSA) is 80.1 Å². The predicted octanol–water partition coefficient (Wildman–Crippen LogP) is 3.16. The number of aromatic nitrogens is 3. The lowest BCUT2D eigenvalue weighted by Crippen LogP contribution is -2.42. The van der Waals surface area contributed by atoms with Gasteiger partial charge in [-0.3, -0.25) is 19.1 Å². The number of hydrogen-bond acceptors (Lipinski definition) is 5. The van der Waals surface area contributed by atoms with Gasteiger partial charge in [0, 0.05) is 61.6 Å². The van der Waals surface area contributed by atoms with Crippen molar-refractivity contribution in [1.82, 2.24) is 24.8 Å². The zero-order chi connectivity index (χ0) is 21.6. The Bertz CT molecular complexity index is 1030. The van der Waals surface area contributed by atoms with Crippen molar-refractivity contribution in [2.45, 2.75) is 24.5 Å². The van der Waals surface area contributed by atoms with Crippen LogP contribution in [0.4, 0.5) is 0 Å². The van der Waals surface area contributed by atoms with Crippen LogP contribution in [0.2, 0.25) is 0 Å². The summed E-state index contributed by atoms with van der Waals surface area (Å²) >= 11 is 1.58. The highest BCUT2D eigenvalue weighted by Crippen LogP contribution is 2.22. The Labute approximate surface area is 185 Å². The fourth-order valence-electron chi connectivity index (χ4n) is 3.77. The molecule has 0 unspecified atom stereocenters. The van der Waals surface area contributed by atoms with Gasteiger partial charge < -0.3 is 10.2 Å². The molecule has 0 aliphatic carbocycles. The summed E-state index contributed by atoms with van der Waals surface area (Å²) in [6, 6.07) is 11.4. The third-order valence-corrected chi connectivity index (χ3v) is 6.19. The molecule has 2 aromatic heterocycles. The number of carbonyl (C=O) groups is 2. The van der Waals surface area contributed by atoms with E-state index in [0.717, 1.165) is 16.4 Å². The highest BCUT2D eigenvalue weighted by Gasteiger charge is 2.27. The first-order valence-corrected chi connectivity index (χ1v) is 11.5. The minimum Gasteiger partial charge on any atom is -0.352 e. The third-order valence-electron chi connectivity index (χ3n) is 5.52. The minimum absolute atomic E-state index is 0.0106. The number of amides is 2. The fraction of sp³-hybridized carbons (Fsp3) is 0.304. The van der Waals surface area contributed by atoms with Crippen molar-refractivity contribution < 1.29 is 9.59 Å². The maximum absolute atomic E-state index is 12.9. The zero-order valence-corrected chi connectivity index (χ0v) is 18.2. The molecular formula is C23H25N5O2S. The molecule has 0 saturated carbocycles. The van der Waals surface area contributed by atoms with Crippen molar-refractivity contribution in [2.24, 2.45) is 5.92 Å². The van der Waals surface area contributed by atoms with Gasteiger partial charge in [0.05, 0.1) is 0 Å². The van der Waals surface area contributed by atoms with Gasteiger partial charge in [0.1, 0.15) is 0 Å². The molecule has 4 rings (SSSR count). The first-order valence-electron chi connectivity index (χ1n) is 10.3. The van der Waals surface area contributed by atoms with E-state index in [1.54, 1.807) is 30.4 Å². The van der Waals surface area contributed by atoms with Gasteiger partial charge in [-0.25, -0.2) is 4.98 Å². The van der Waals surface area contributed by atoms with E-state index in [4.69, 9.17) is 0 Å². The summed E-state index contributed by atoms with van der Waals surface area (Å²) < 4.78 is 1.99. The summed E-state index contributed by atoms with van der Waals surface area (Å²) in [7, 11) is 0. The van der Waals surface area contributed by atoms with Gasteiger partial charge in [-0.15, -0.1) is 0 Å². The van der Waals surface area contributed by atoms with E-state index in [-0.39, 0.29) is 17.7 Å². The van der Waals surface area contributed by atoms with Crippen molar-refractivity contribution in [3.05, 3.63) is 72.3 Å². The molecule has 3 aromatic rings. The molecule has 1 fully saturated rings. The van der Waals surface area contributed by atoms with Crippen LogP contribution in [0.1, 0.15) is 28.8 Å². The van der Waals surface area contributed by atoms with E-state index in [1.165, 1.54) is 0 Å². The summed E-state index contributed by atoms with van der Waals surface area (Å²) in [4.78, 5) is 35.6. The van der Waals surface area contributed by atoms with Crippen LogP contribution < -0.4 is 5.32 Å². The highest BCUT2D eigenvalue weighted by molar-refractivity contribution is 7.98. The number of imidazole rings is 1. The minimum atomic E-state index is -0.0608. The van der Waals surface area contributed by atoms with Gasteiger partial charge in [0.2, 0.25) is 5.91 Å². The van der Waals surface area contributed by atoms with Crippen LogP contribution in [-0.4, -0.2) is 50.6 Å². The monoisotopic (exact) mass is 435 g/mol. The zero-order valence-electron chi connectivity index (χ0n) is 17.4.